The fourth-order valence-corrected chi connectivity index (χ4v) is 7.68. The fraction of sp³-hybridized carbons (Fsp3) is 0. The second-order valence-corrected chi connectivity index (χ2v) is 12.9. The fourth-order valence-electron chi connectivity index (χ4n) is 7.68. The lowest BCUT2D eigenvalue weighted by Crippen LogP contribution is -2.10. The minimum atomic E-state index is 0.863. The summed E-state index contributed by atoms with van der Waals surface area (Å²) in [5, 5.41) is 4.69. The number of para-hydroxylation sites is 5. The molecule has 3 nitrogen and oxygen atoms in total. The minimum Gasteiger partial charge on any atom is -0.454 e. The molecular formula is C48H32N2O. The molecule has 10 rings (SSSR count). The van der Waals surface area contributed by atoms with Crippen LogP contribution in [0.1, 0.15) is 0 Å². The van der Waals surface area contributed by atoms with Gasteiger partial charge in [-0.1, -0.05) is 140 Å². The van der Waals surface area contributed by atoms with Gasteiger partial charge < -0.3 is 13.9 Å². The summed E-state index contributed by atoms with van der Waals surface area (Å²) in [6.07, 6.45) is 0. The lowest BCUT2D eigenvalue weighted by Gasteiger charge is -2.26. The van der Waals surface area contributed by atoms with E-state index in [9.17, 15) is 0 Å². The molecule has 0 bridgehead atoms. The topological polar surface area (TPSA) is 21.3 Å². The summed E-state index contributed by atoms with van der Waals surface area (Å²) in [5.74, 6) is 0. The largest absolute Gasteiger partial charge is 0.454 e. The predicted octanol–water partition coefficient (Wildman–Crippen LogP) is 13.5. The first-order chi connectivity index (χ1) is 25.3. The second kappa shape index (κ2) is 11.9. The van der Waals surface area contributed by atoms with Gasteiger partial charge in [0.15, 0.2) is 5.58 Å². The molecule has 0 amide bonds. The molecule has 0 N–H and O–H groups in total. The van der Waals surface area contributed by atoms with Gasteiger partial charge in [-0.2, -0.15) is 0 Å². The van der Waals surface area contributed by atoms with E-state index in [1.54, 1.807) is 0 Å². The van der Waals surface area contributed by atoms with E-state index in [0.717, 1.165) is 50.3 Å². The van der Waals surface area contributed by atoms with E-state index < -0.39 is 0 Å². The number of rotatable bonds is 6. The first-order valence-corrected chi connectivity index (χ1v) is 17.4. The Hall–Kier alpha value is -6.84. The molecule has 0 unspecified atom stereocenters. The summed E-state index contributed by atoms with van der Waals surface area (Å²) in [5.41, 5.74) is 13.1. The Labute approximate surface area is 295 Å². The van der Waals surface area contributed by atoms with Gasteiger partial charge in [0.25, 0.3) is 0 Å². The molecule has 0 radical (unpaired) electrons. The summed E-state index contributed by atoms with van der Waals surface area (Å²) >= 11 is 0. The van der Waals surface area contributed by atoms with Crippen LogP contribution >= 0.6 is 0 Å². The van der Waals surface area contributed by atoms with Gasteiger partial charge >= 0.3 is 0 Å². The molecule has 0 spiro atoms. The summed E-state index contributed by atoms with van der Waals surface area (Å²) in [6.45, 7) is 0. The van der Waals surface area contributed by atoms with Gasteiger partial charge in [0.05, 0.1) is 16.7 Å². The standard InChI is InChI=1S/C48H32N2O/c1-3-14-33(15-4-1)34-28-30-37(31-29-34)49(45-26-13-24-43-41-21-8-10-27-46(41)51-48(43)45)38-19-11-16-35(32-38)39-22-12-23-42-40-20-7-9-25-44(40)50(47(39)42)36-17-5-2-6-18-36/h1-32H. The number of hydrogen-bond donors (Lipinski definition) is 0. The Balaban J connectivity index is 1.20. The van der Waals surface area contributed by atoms with Gasteiger partial charge in [-0.3, -0.25) is 0 Å². The van der Waals surface area contributed by atoms with Crippen molar-refractivity contribution in [2.24, 2.45) is 0 Å². The van der Waals surface area contributed by atoms with E-state index in [2.05, 4.69) is 191 Å². The molecule has 0 saturated heterocycles. The van der Waals surface area contributed by atoms with Gasteiger partial charge in [0.2, 0.25) is 0 Å². The Morgan fingerprint density at radius 2 is 1.04 bits per heavy atom. The van der Waals surface area contributed by atoms with Crippen LogP contribution in [0.4, 0.5) is 17.1 Å². The number of furan rings is 1. The molecule has 0 saturated carbocycles. The molecular weight excluding hydrogens is 621 g/mol. The molecule has 10 aromatic rings. The Bertz CT molecular complexity index is 2850. The van der Waals surface area contributed by atoms with Crippen LogP contribution in [0.5, 0.6) is 0 Å². The normalized spacial score (nSPS) is 11.5. The molecule has 0 aliphatic carbocycles. The van der Waals surface area contributed by atoms with Crippen molar-refractivity contribution in [2.45, 2.75) is 0 Å². The second-order valence-electron chi connectivity index (χ2n) is 12.9. The van der Waals surface area contributed by atoms with E-state index in [1.807, 2.05) is 12.1 Å². The molecule has 0 fully saturated rings. The van der Waals surface area contributed by atoms with Gasteiger partial charge in [-0.25, -0.2) is 0 Å². The third-order valence-corrected chi connectivity index (χ3v) is 9.98. The first-order valence-electron chi connectivity index (χ1n) is 17.4. The molecule has 240 valence electrons. The number of fused-ring (bicyclic) bond motifs is 6. The molecule has 0 aliphatic rings. The molecule has 2 heterocycles. The minimum absolute atomic E-state index is 0.863. The van der Waals surface area contributed by atoms with Crippen LogP contribution in [0.25, 0.3) is 71.7 Å². The number of aromatic nitrogens is 1. The van der Waals surface area contributed by atoms with E-state index >= 15 is 0 Å². The van der Waals surface area contributed by atoms with Gasteiger partial charge in [0.1, 0.15) is 5.58 Å². The highest BCUT2D eigenvalue weighted by atomic mass is 16.3. The summed E-state index contributed by atoms with van der Waals surface area (Å²) in [6, 6.07) is 69.1. The summed E-state index contributed by atoms with van der Waals surface area (Å²) < 4.78 is 9.03. The van der Waals surface area contributed by atoms with Crippen LogP contribution in [-0.4, -0.2) is 4.57 Å². The van der Waals surface area contributed by atoms with Crippen molar-refractivity contribution in [3.63, 3.8) is 0 Å². The van der Waals surface area contributed by atoms with E-state index in [1.165, 1.54) is 38.5 Å². The third kappa shape index (κ3) is 4.82. The maximum atomic E-state index is 6.63. The average Bonchev–Trinajstić information content (AvgIpc) is 3.76. The first kappa shape index (κ1) is 29.1. The highest BCUT2D eigenvalue weighted by Gasteiger charge is 2.21. The van der Waals surface area contributed by atoms with Crippen LogP contribution in [-0.2, 0) is 0 Å². The highest BCUT2D eigenvalue weighted by Crippen LogP contribution is 2.44. The smallest absolute Gasteiger partial charge is 0.159 e. The quantitative estimate of drug-likeness (QED) is 0.178. The molecule has 0 atom stereocenters. The zero-order valence-corrected chi connectivity index (χ0v) is 27.8. The summed E-state index contributed by atoms with van der Waals surface area (Å²) in [7, 11) is 0. The molecule has 51 heavy (non-hydrogen) atoms. The van der Waals surface area contributed by atoms with Gasteiger partial charge in [0, 0.05) is 44.2 Å². The Morgan fingerprint density at radius 1 is 0.412 bits per heavy atom. The molecule has 8 aromatic carbocycles. The summed E-state index contributed by atoms with van der Waals surface area (Å²) in [4.78, 5) is 2.33. The van der Waals surface area contributed by atoms with E-state index in [0.29, 0.717) is 0 Å². The van der Waals surface area contributed by atoms with Crippen molar-refractivity contribution in [1.29, 1.82) is 0 Å². The number of anilines is 3. The molecule has 3 heteroatoms. The van der Waals surface area contributed by atoms with Gasteiger partial charge in [-0.05, 0) is 71.3 Å². The van der Waals surface area contributed by atoms with Crippen LogP contribution in [0, 0.1) is 0 Å². The maximum absolute atomic E-state index is 6.63. The number of nitrogens with zero attached hydrogens (tertiary/aromatic N) is 2. The van der Waals surface area contributed by atoms with Crippen molar-refractivity contribution in [1.82, 2.24) is 4.57 Å². The van der Waals surface area contributed by atoms with Crippen LogP contribution in [0.15, 0.2) is 199 Å². The number of benzene rings is 8. The van der Waals surface area contributed by atoms with Crippen LogP contribution in [0.2, 0.25) is 0 Å². The molecule has 0 aliphatic heterocycles. The van der Waals surface area contributed by atoms with Gasteiger partial charge in [-0.15, -0.1) is 0 Å². The van der Waals surface area contributed by atoms with Crippen molar-refractivity contribution in [2.75, 3.05) is 4.90 Å². The van der Waals surface area contributed by atoms with Crippen molar-refractivity contribution < 1.29 is 4.42 Å². The van der Waals surface area contributed by atoms with E-state index in [4.69, 9.17) is 4.42 Å². The van der Waals surface area contributed by atoms with Crippen LogP contribution < -0.4 is 4.90 Å². The highest BCUT2D eigenvalue weighted by molar-refractivity contribution is 6.14. The maximum Gasteiger partial charge on any atom is 0.159 e. The Morgan fingerprint density at radius 3 is 1.88 bits per heavy atom. The average molecular weight is 653 g/mol. The predicted molar refractivity (Wildman–Crippen MR) is 214 cm³/mol. The SMILES string of the molecule is c1ccc(-c2ccc(N(c3cccc(-c4cccc5c6ccccc6n(-c6ccccc6)c45)c3)c3cccc4c3oc3ccccc34)cc2)cc1. The Kier molecular flexibility index (Phi) is 6.81. The van der Waals surface area contributed by atoms with Crippen molar-refractivity contribution in [3.05, 3.63) is 194 Å². The van der Waals surface area contributed by atoms with E-state index in [-0.39, 0.29) is 0 Å². The zero-order chi connectivity index (χ0) is 33.7. The lowest BCUT2D eigenvalue weighted by atomic mass is 10.0. The third-order valence-electron chi connectivity index (χ3n) is 9.98. The van der Waals surface area contributed by atoms with Crippen molar-refractivity contribution >= 4 is 60.8 Å². The zero-order valence-electron chi connectivity index (χ0n) is 27.8. The van der Waals surface area contributed by atoms with Crippen LogP contribution in [0.3, 0.4) is 0 Å². The monoisotopic (exact) mass is 652 g/mol. The van der Waals surface area contributed by atoms with Crippen molar-refractivity contribution in [3.8, 4) is 27.9 Å². The number of hydrogen-bond acceptors (Lipinski definition) is 2. The molecule has 2 aromatic heterocycles. The lowest BCUT2D eigenvalue weighted by molar-refractivity contribution is 0.669.